The average molecular weight is 215 g/mol. The Kier molecular flexibility index (Phi) is 3.10. The normalized spacial score (nSPS) is 10.1. The topological polar surface area (TPSA) is 47.9 Å². The Hall–Kier alpha value is -1.97. The third kappa shape index (κ3) is 2.34. The van der Waals surface area contributed by atoms with Gasteiger partial charge in [-0.25, -0.2) is 9.97 Å². The number of methoxy groups -OCH3 is 1. The first-order valence-corrected chi connectivity index (χ1v) is 5.05. The van der Waals surface area contributed by atoms with Gasteiger partial charge in [0.25, 0.3) is 0 Å². The van der Waals surface area contributed by atoms with Gasteiger partial charge in [-0.3, -0.25) is 4.98 Å². The summed E-state index contributed by atoms with van der Waals surface area (Å²) in [7, 11) is 1.63. The molecule has 0 N–H and O–H groups in total. The second kappa shape index (κ2) is 4.70. The minimum absolute atomic E-state index is 0.709. The Labute approximate surface area is 94.4 Å². The van der Waals surface area contributed by atoms with Gasteiger partial charge in [0.2, 0.25) is 0 Å². The molecule has 2 aromatic rings. The lowest BCUT2D eigenvalue weighted by Gasteiger charge is -2.07. The summed E-state index contributed by atoms with van der Waals surface area (Å²) >= 11 is 0. The van der Waals surface area contributed by atoms with Crippen LogP contribution in [0.3, 0.4) is 0 Å². The van der Waals surface area contributed by atoms with Crippen LogP contribution < -0.4 is 4.74 Å². The average Bonchev–Trinajstić information content (AvgIpc) is 2.31. The van der Waals surface area contributed by atoms with E-state index in [-0.39, 0.29) is 0 Å². The first-order chi connectivity index (χ1) is 7.79. The summed E-state index contributed by atoms with van der Waals surface area (Å²) in [5, 5.41) is 0. The zero-order chi connectivity index (χ0) is 11.4. The molecule has 4 heteroatoms. The molecule has 2 aromatic heterocycles. The number of rotatable bonds is 3. The highest BCUT2D eigenvalue weighted by Crippen LogP contribution is 2.17. The maximum atomic E-state index is 5.23. The summed E-state index contributed by atoms with van der Waals surface area (Å²) in [6.07, 6.45) is 6.00. The van der Waals surface area contributed by atoms with Gasteiger partial charge in [-0.1, -0.05) is 6.07 Å². The van der Waals surface area contributed by atoms with Crippen molar-refractivity contribution in [3.05, 3.63) is 47.8 Å². The number of hydrogen-bond acceptors (Lipinski definition) is 4. The molecule has 0 saturated heterocycles. The summed E-state index contributed by atoms with van der Waals surface area (Å²) in [5.41, 5.74) is 2.00. The van der Waals surface area contributed by atoms with Crippen molar-refractivity contribution in [2.75, 3.05) is 7.11 Å². The molecule has 0 bridgehead atoms. The predicted molar refractivity (Wildman–Crippen MR) is 60.4 cm³/mol. The molecule has 0 amide bonds. The van der Waals surface area contributed by atoms with Gasteiger partial charge in [0.15, 0.2) is 5.75 Å². The van der Waals surface area contributed by atoms with Gasteiger partial charge in [0, 0.05) is 18.8 Å². The van der Waals surface area contributed by atoms with Crippen LogP contribution in [0.25, 0.3) is 0 Å². The Bertz CT molecular complexity index is 471. The van der Waals surface area contributed by atoms with Crippen LogP contribution in [-0.4, -0.2) is 22.1 Å². The molecule has 0 aliphatic rings. The van der Waals surface area contributed by atoms with Crippen LogP contribution in [0, 0.1) is 6.92 Å². The van der Waals surface area contributed by atoms with E-state index < -0.39 is 0 Å². The first kappa shape index (κ1) is 10.5. The molecule has 2 heterocycles. The summed E-state index contributed by atoms with van der Waals surface area (Å²) in [6.45, 7) is 1.87. The van der Waals surface area contributed by atoms with Crippen LogP contribution >= 0.6 is 0 Å². The maximum Gasteiger partial charge on any atom is 0.159 e. The van der Waals surface area contributed by atoms with E-state index in [2.05, 4.69) is 15.0 Å². The molecular formula is C12H13N3O. The Morgan fingerprint density at radius 3 is 2.88 bits per heavy atom. The molecule has 0 aliphatic heterocycles. The smallest absolute Gasteiger partial charge is 0.159 e. The fourth-order valence-electron chi connectivity index (χ4n) is 1.50. The van der Waals surface area contributed by atoms with Crippen molar-refractivity contribution in [1.82, 2.24) is 15.0 Å². The third-order valence-corrected chi connectivity index (χ3v) is 2.26. The van der Waals surface area contributed by atoms with Crippen molar-refractivity contribution >= 4 is 0 Å². The van der Waals surface area contributed by atoms with Crippen LogP contribution in [-0.2, 0) is 6.42 Å². The molecule has 0 fully saturated rings. The zero-order valence-corrected chi connectivity index (χ0v) is 9.34. The lowest BCUT2D eigenvalue weighted by atomic mass is 10.1. The standard InChI is InChI=1S/C12H13N3O/c1-9-14-8-12(16-2)11(15-9)6-10-4-3-5-13-7-10/h3-5,7-8H,6H2,1-2H3. The molecule has 4 nitrogen and oxygen atoms in total. The van der Waals surface area contributed by atoms with Crippen molar-refractivity contribution in [1.29, 1.82) is 0 Å². The highest BCUT2D eigenvalue weighted by molar-refractivity contribution is 5.29. The molecule has 0 unspecified atom stereocenters. The van der Waals surface area contributed by atoms with Crippen LogP contribution in [0.2, 0.25) is 0 Å². The number of pyridine rings is 1. The third-order valence-electron chi connectivity index (χ3n) is 2.26. The molecule has 0 aromatic carbocycles. The number of ether oxygens (including phenoxy) is 1. The van der Waals surface area contributed by atoms with Gasteiger partial charge in [-0.05, 0) is 18.6 Å². The van der Waals surface area contributed by atoms with Crippen molar-refractivity contribution in [2.45, 2.75) is 13.3 Å². The van der Waals surface area contributed by atoms with Crippen molar-refractivity contribution in [2.24, 2.45) is 0 Å². The second-order valence-corrected chi connectivity index (χ2v) is 3.47. The van der Waals surface area contributed by atoms with E-state index in [1.807, 2.05) is 25.3 Å². The zero-order valence-electron chi connectivity index (χ0n) is 9.34. The number of nitrogens with zero attached hydrogens (tertiary/aromatic N) is 3. The minimum Gasteiger partial charge on any atom is -0.493 e. The predicted octanol–water partition coefficient (Wildman–Crippen LogP) is 1.78. The molecule has 16 heavy (non-hydrogen) atoms. The van der Waals surface area contributed by atoms with E-state index in [4.69, 9.17) is 4.74 Å². The van der Waals surface area contributed by atoms with Gasteiger partial charge >= 0.3 is 0 Å². The van der Waals surface area contributed by atoms with Crippen LogP contribution in [0.4, 0.5) is 0 Å². The van der Waals surface area contributed by atoms with E-state index >= 15 is 0 Å². The molecule has 0 spiro atoms. The van der Waals surface area contributed by atoms with Gasteiger partial charge in [-0.2, -0.15) is 0 Å². The largest absolute Gasteiger partial charge is 0.493 e. The van der Waals surface area contributed by atoms with Gasteiger partial charge in [0.1, 0.15) is 5.82 Å². The molecule has 0 saturated carbocycles. The van der Waals surface area contributed by atoms with Gasteiger partial charge in [-0.15, -0.1) is 0 Å². The van der Waals surface area contributed by atoms with Gasteiger partial charge in [0.05, 0.1) is 19.0 Å². The quantitative estimate of drug-likeness (QED) is 0.783. The van der Waals surface area contributed by atoms with E-state index in [0.717, 1.165) is 22.8 Å². The molecule has 0 radical (unpaired) electrons. The molecule has 0 atom stereocenters. The Morgan fingerprint density at radius 1 is 1.31 bits per heavy atom. The lowest BCUT2D eigenvalue weighted by Crippen LogP contribution is -2.00. The molecule has 0 aliphatic carbocycles. The monoisotopic (exact) mass is 215 g/mol. The second-order valence-electron chi connectivity index (χ2n) is 3.47. The Balaban J connectivity index is 2.30. The van der Waals surface area contributed by atoms with E-state index in [1.165, 1.54) is 0 Å². The van der Waals surface area contributed by atoms with Gasteiger partial charge < -0.3 is 4.74 Å². The molecular weight excluding hydrogens is 202 g/mol. The van der Waals surface area contributed by atoms with Crippen LogP contribution in [0.1, 0.15) is 17.1 Å². The Morgan fingerprint density at radius 2 is 2.19 bits per heavy atom. The SMILES string of the molecule is COc1cnc(C)nc1Cc1cccnc1. The maximum absolute atomic E-state index is 5.23. The number of hydrogen-bond donors (Lipinski definition) is 0. The lowest BCUT2D eigenvalue weighted by molar-refractivity contribution is 0.405. The molecule has 2 rings (SSSR count). The fourth-order valence-corrected chi connectivity index (χ4v) is 1.50. The van der Waals surface area contributed by atoms with Crippen molar-refractivity contribution in [3.63, 3.8) is 0 Å². The fraction of sp³-hybridized carbons (Fsp3) is 0.250. The summed E-state index contributed by atoms with van der Waals surface area (Å²) < 4.78 is 5.23. The minimum atomic E-state index is 0.709. The van der Waals surface area contributed by atoms with E-state index in [0.29, 0.717) is 6.42 Å². The summed E-state index contributed by atoms with van der Waals surface area (Å²) in [5.74, 6) is 1.47. The number of aryl methyl sites for hydroxylation is 1. The van der Waals surface area contributed by atoms with Crippen LogP contribution in [0.5, 0.6) is 5.75 Å². The highest BCUT2D eigenvalue weighted by atomic mass is 16.5. The van der Waals surface area contributed by atoms with Crippen LogP contribution in [0.15, 0.2) is 30.7 Å². The number of aromatic nitrogens is 3. The first-order valence-electron chi connectivity index (χ1n) is 5.05. The molecule has 82 valence electrons. The van der Waals surface area contributed by atoms with E-state index in [9.17, 15) is 0 Å². The summed E-state index contributed by atoms with van der Waals surface area (Å²) in [4.78, 5) is 12.6. The summed E-state index contributed by atoms with van der Waals surface area (Å²) in [6, 6.07) is 3.93. The van der Waals surface area contributed by atoms with Crippen molar-refractivity contribution < 1.29 is 4.74 Å². The van der Waals surface area contributed by atoms with Crippen molar-refractivity contribution in [3.8, 4) is 5.75 Å². The van der Waals surface area contributed by atoms with E-state index in [1.54, 1.807) is 19.5 Å². The highest BCUT2D eigenvalue weighted by Gasteiger charge is 2.06.